The van der Waals surface area contributed by atoms with Gasteiger partial charge in [-0.1, -0.05) is 48.0 Å². The summed E-state index contributed by atoms with van der Waals surface area (Å²) in [5.74, 6) is 1.57. The number of sulfonamides is 1. The molecule has 4 rings (SSSR count). The van der Waals surface area contributed by atoms with Gasteiger partial charge in [-0.3, -0.25) is 4.79 Å². The Morgan fingerprint density at radius 3 is 2.29 bits per heavy atom. The number of aryl methyl sites for hydroxylation is 2. The first kappa shape index (κ1) is 24.2. The van der Waals surface area contributed by atoms with E-state index in [9.17, 15) is 13.2 Å². The molecule has 180 valence electrons. The van der Waals surface area contributed by atoms with Crippen molar-refractivity contribution in [3.05, 3.63) is 89.4 Å². The molecule has 1 aliphatic carbocycles. The maximum atomic E-state index is 13.5. The molecule has 1 saturated carbocycles. The molecule has 0 radical (unpaired) electrons. The molecule has 1 amide bonds. The van der Waals surface area contributed by atoms with Gasteiger partial charge in [0.15, 0.2) is 0 Å². The van der Waals surface area contributed by atoms with Crippen molar-refractivity contribution >= 4 is 15.9 Å². The highest BCUT2D eigenvalue weighted by Crippen LogP contribution is 2.31. The third-order valence-electron chi connectivity index (χ3n) is 6.14. The van der Waals surface area contributed by atoms with Gasteiger partial charge >= 0.3 is 0 Å². The Kier molecular flexibility index (Phi) is 7.54. The standard InChI is InChI=1S/C27H32N2O4S/c1-21-8-14-26(15-9-21)34(31,32)29(18-24-11-12-24)20-27(30)28(19-25-13-10-22(2)33-25)17-16-23-6-4-3-5-7-23/h3-10,13-15,24H,11-12,16-20H2,1-2H3. The van der Waals surface area contributed by atoms with E-state index < -0.39 is 10.0 Å². The number of benzene rings is 2. The third kappa shape index (κ3) is 6.36. The monoisotopic (exact) mass is 480 g/mol. The van der Waals surface area contributed by atoms with Crippen LogP contribution < -0.4 is 0 Å². The van der Waals surface area contributed by atoms with Gasteiger partial charge < -0.3 is 9.32 Å². The van der Waals surface area contributed by atoms with Crippen LogP contribution in [0.25, 0.3) is 0 Å². The van der Waals surface area contributed by atoms with Gasteiger partial charge in [0, 0.05) is 13.1 Å². The summed E-state index contributed by atoms with van der Waals surface area (Å²) in [5, 5.41) is 0. The molecule has 2 aromatic carbocycles. The zero-order chi connectivity index (χ0) is 24.1. The van der Waals surface area contributed by atoms with Crippen LogP contribution >= 0.6 is 0 Å². The first-order chi connectivity index (χ1) is 16.3. The molecule has 6 nitrogen and oxygen atoms in total. The van der Waals surface area contributed by atoms with Crippen LogP contribution in [-0.4, -0.2) is 43.2 Å². The van der Waals surface area contributed by atoms with Crippen LogP contribution in [0, 0.1) is 19.8 Å². The fourth-order valence-corrected chi connectivity index (χ4v) is 5.37. The van der Waals surface area contributed by atoms with Gasteiger partial charge in [-0.15, -0.1) is 0 Å². The van der Waals surface area contributed by atoms with Crippen molar-refractivity contribution in [2.24, 2.45) is 5.92 Å². The highest BCUT2D eigenvalue weighted by molar-refractivity contribution is 7.89. The molecule has 1 aliphatic rings. The Hall–Kier alpha value is -2.90. The van der Waals surface area contributed by atoms with E-state index in [-0.39, 0.29) is 17.3 Å². The maximum Gasteiger partial charge on any atom is 0.243 e. The summed E-state index contributed by atoms with van der Waals surface area (Å²) >= 11 is 0. The van der Waals surface area contributed by atoms with E-state index in [1.54, 1.807) is 29.2 Å². The summed E-state index contributed by atoms with van der Waals surface area (Å²) in [4.78, 5) is 15.4. The van der Waals surface area contributed by atoms with E-state index in [2.05, 4.69) is 0 Å². The van der Waals surface area contributed by atoms with E-state index in [1.807, 2.05) is 56.3 Å². The number of hydrogen-bond acceptors (Lipinski definition) is 4. The second kappa shape index (κ2) is 10.6. The summed E-state index contributed by atoms with van der Waals surface area (Å²) in [5.41, 5.74) is 2.11. The Balaban J connectivity index is 1.54. The van der Waals surface area contributed by atoms with Crippen LogP contribution in [0.5, 0.6) is 0 Å². The average molecular weight is 481 g/mol. The van der Waals surface area contributed by atoms with E-state index in [4.69, 9.17) is 4.42 Å². The van der Waals surface area contributed by atoms with Gasteiger partial charge in [-0.2, -0.15) is 4.31 Å². The first-order valence-corrected chi connectivity index (χ1v) is 13.2. The predicted molar refractivity (Wildman–Crippen MR) is 132 cm³/mol. The number of rotatable bonds is 11. The number of hydrogen-bond donors (Lipinski definition) is 0. The molecule has 0 spiro atoms. The van der Waals surface area contributed by atoms with E-state index in [0.717, 1.165) is 29.7 Å². The molecule has 0 aliphatic heterocycles. The van der Waals surface area contributed by atoms with E-state index >= 15 is 0 Å². The molecule has 0 unspecified atom stereocenters. The van der Waals surface area contributed by atoms with Gasteiger partial charge in [0.05, 0.1) is 18.0 Å². The molecule has 1 heterocycles. The Bertz CT molecular complexity index is 1200. The normalized spacial score (nSPS) is 13.9. The summed E-state index contributed by atoms with van der Waals surface area (Å²) in [6, 6.07) is 20.5. The van der Waals surface area contributed by atoms with Gasteiger partial charge in [0.1, 0.15) is 11.5 Å². The molecule has 1 aromatic heterocycles. The van der Waals surface area contributed by atoms with Gasteiger partial charge in [-0.05, 0) is 68.9 Å². The van der Waals surface area contributed by atoms with Gasteiger partial charge in [-0.25, -0.2) is 8.42 Å². The first-order valence-electron chi connectivity index (χ1n) is 11.7. The third-order valence-corrected chi connectivity index (χ3v) is 7.96. The Labute approximate surface area is 202 Å². The highest BCUT2D eigenvalue weighted by Gasteiger charge is 2.34. The largest absolute Gasteiger partial charge is 0.464 e. The van der Waals surface area contributed by atoms with Crippen molar-refractivity contribution in [3.8, 4) is 0 Å². The van der Waals surface area contributed by atoms with Gasteiger partial charge in [0.25, 0.3) is 0 Å². The minimum atomic E-state index is -3.77. The number of carbonyl (C=O) groups excluding carboxylic acids is 1. The van der Waals surface area contributed by atoms with Crippen molar-refractivity contribution in [1.29, 1.82) is 0 Å². The van der Waals surface area contributed by atoms with Crippen molar-refractivity contribution in [1.82, 2.24) is 9.21 Å². The van der Waals surface area contributed by atoms with Crippen LogP contribution in [0.1, 0.15) is 35.5 Å². The molecule has 34 heavy (non-hydrogen) atoms. The van der Waals surface area contributed by atoms with Crippen LogP contribution in [0.3, 0.4) is 0 Å². The molecular weight excluding hydrogens is 448 g/mol. The molecule has 3 aromatic rings. The van der Waals surface area contributed by atoms with Crippen molar-refractivity contribution in [2.45, 2.75) is 44.6 Å². The highest BCUT2D eigenvalue weighted by atomic mass is 32.2. The summed E-state index contributed by atoms with van der Waals surface area (Å²) in [7, 11) is -3.77. The van der Waals surface area contributed by atoms with Crippen LogP contribution in [0.15, 0.2) is 76.0 Å². The number of carbonyl (C=O) groups is 1. The zero-order valence-electron chi connectivity index (χ0n) is 19.8. The maximum absolute atomic E-state index is 13.5. The quantitative estimate of drug-likeness (QED) is 0.403. The molecular formula is C27H32N2O4S. The lowest BCUT2D eigenvalue weighted by atomic mass is 10.1. The fourth-order valence-electron chi connectivity index (χ4n) is 3.91. The lowest BCUT2D eigenvalue weighted by molar-refractivity contribution is -0.132. The lowest BCUT2D eigenvalue weighted by Gasteiger charge is -2.27. The fraction of sp³-hybridized carbons (Fsp3) is 0.370. The zero-order valence-corrected chi connectivity index (χ0v) is 20.6. The Morgan fingerprint density at radius 1 is 0.971 bits per heavy atom. The van der Waals surface area contributed by atoms with Crippen LogP contribution in [0.2, 0.25) is 0 Å². The minimum absolute atomic E-state index is 0.179. The number of amides is 1. The molecule has 0 bridgehead atoms. The molecule has 0 N–H and O–H groups in total. The average Bonchev–Trinajstić information content (AvgIpc) is 3.55. The molecule has 0 atom stereocenters. The summed E-state index contributed by atoms with van der Waals surface area (Å²) < 4.78 is 34.0. The topological polar surface area (TPSA) is 70.8 Å². The SMILES string of the molecule is Cc1ccc(S(=O)(=O)N(CC(=O)N(CCc2ccccc2)Cc2ccc(C)o2)CC2CC2)cc1. The molecule has 7 heteroatoms. The second-order valence-corrected chi connectivity index (χ2v) is 11.1. The summed E-state index contributed by atoms with van der Waals surface area (Å²) in [6.07, 6.45) is 2.68. The summed E-state index contributed by atoms with van der Waals surface area (Å²) in [6.45, 7) is 4.76. The molecule has 0 saturated heterocycles. The lowest BCUT2D eigenvalue weighted by Crippen LogP contribution is -2.44. The predicted octanol–water partition coefficient (Wildman–Crippen LogP) is 4.57. The van der Waals surface area contributed by atoms with E-state index in [1.165, 1.54) is 4.31 Å². The van der Waals surface area contributed by atoms with Crippen molar-refractivity contribution in [3.63, 3.8) is 0 Å². The van der Waals surface area contributed by atoms with E-state index in [0.29, 0.717) is 37.7 Å². The smallest absolute Gasteiger partial charge is 0.243 e. The van der Waals surface area contributed by atoms with Gasteiger partial charge in [0.2, 0.25) is 15.9 Å². The van der Waals surface area contributed by atoms with Crippen molar-refractivity contribution < 1.29 is 17.6 Å². The second-order valence-electron chi connectivity index (χ2n) is 9.12. The number of nitrogens with zero attached hydrogens (tertiary/aromatic N) is 2. The van der Waals surface area contributed by atoms with Crippen LogP contribution in [-0.2, 0) is 27.8 Å². The Morgan fingerprint density at radius 2 is 1.68 bits per heavy atom. The van der Waals surface area contributed by atoms with Crippen molar-refractivity contribution in [2.75, 3.05) is 19.6 Å². The minimum Gasteiger partial charge on any atom is -0.464 e. The molecule has 1 fully saturated rings. The van der Waals surface area contributed by atoms with Crippen LogP contribution in [0.4, 0.5) is 0 Å². The number of furan rings is 1.